The first kappa shape index (κ1) is 10.0. The summed E-state index contributed by atoms with van der Waals surface area (Å²) in [6.45, 7) is 4.41. The Morgan fingerprint density at radius 2 is 2.08 bits per heavy atom. The standard InChI is InChI=1S/C10H20O2/c1-7-3-4-9(8(2)6-11)10(12)5-7/h7-12H,3-6H2,1-2H3/t7-,8+,9+,10+/m1/s1. The molecule has 0 aliphatic heterocycles. The van der Waals surface area contributed by atoms with Crippen LogP contribution < -0.4 is 0 Å². The summed E-state index contributed by atoms with van der Waals surface area (Å²) in [6.07, 6.45) is 3.00. The average Bonchev–Trinajstić information content (AvgIpc) is 2.03. The lowest BCUT2D eigenvalue weighted by Gasteiger charge is -2.34. The van der Waals surface area contributed by atoms with Gasteiger partial charge in [-0.1, -0.05) is 20.3 Å². The van der Waals surface area contributed by atoms with Gasteiger partial charge in [-0.2, -0.15) is 0 Å². The van der Waals surface area contributed by atoms with Crippen molar-refractivity contribution in [1.29, 1.82) is 0 Å². The van der Waals surface area contributed by atoms with Gasteiger partial charge in [-0.15, -0.1) is 0 Å². The lowest BCUT2D eigenvalue weighted by Crippen LogP contribution is -2.34. The molecule has 0 bridgehead atoms. The first-order valence-corrected chi connectivity index (χ1v) is 4.94. The van der Waals surface area contributed by atoms with Crippen LogP contribution in [0.4, 0.5) is 0 Å². The maximum Gasteiger partial charge on any atom is 0.0574 e. The normalized spacial score (nSPS) is 39.5. The Morgan fingerprint density at radius 1 is 1.42 bits per heavy atom. The highest BCUT2D eigenvalue weighted by Crippen LogP contribution is 2.33. The molecule has 0 aromatic rings. The molecule has 1 fully saturated rings. The SMILES string of the molecule is C[C@@H]1CC[C@@H]([C@@H](C)CO)[C@@H](O)C1. The van der Waals surface area contributed by atoms with Crippen LogP contribution in [0.5, 0.6) is 0 Å². The molecule has 0 unspecified atom stereocenters. The summed E-state index contributed by atoms with van der Waals surface area (Å²) in [7, 11) is 0. The van der Waals surface area contributed by atoms with Crippen molar-refractivity contribution in [3.8, 4) is 0 Å². The van der Waals surface area contributed by atoms with E-state index in [1.807, 2.05) is 6.92 Å². The molecule has 0 aromatic carbocycles. The van der Waals surface area contributed by atoms with Crippen LogP contribution in [0.2, 0.25) is 0 Å². The molecule has 0 saturated heterocycles. The zero-order chi connectivity index (χ0) is 9.14. The van der Waals surface area contributed by atoms with Crippen LogP contribution in [0, 0.1) is 17.8 Å². The molecule has 1 aliphatic rings. The molecular weight excluding hydrogens is 152 g/mol. The summed E-state index contributed by atoms with van der Waals surface area (Å²) < 4.78 is 0. The van der Waals surface area contributed by atoms with Crippen molar-refractivity contribution in [3.63, 3.8) is 0 Å². The maximum absolute atomic E-state index is 9.73. The molecule has 0 amide bonds. The minimum atomic E-state index is -0.184. The highest BCUT2D eigenvalue weighted by molar-refractivity contribution is 4.80. The molecule has 72 valence electrons. The summed E-state index contributed by atoms with van der Waals surface area (Å²) in [4.78, 5) is 0. The molecule has 2 heteroatoms. The third-order valence-corrected chi connectivity index (χ3v) is 3.15. The molecule has 0 heterocycles. The van der Waals surface area contributed by atoms with Crippen molar-refractivity contribution in [1.82, 2.24) is 0 Å². The monoisotopic (exact) mass is 172 g/mol. The average molecular weight is 172 g/mol. The fraction of sp³-hybridized carbons (Fsp3) is 1.00. The third kappa shape index (κ3) is 2.20. The number of hydrogen-bond acceptors (Lipinski definition) is 2. The zero-order valence-electron chi connectivity index (χ0n) is 8.03. The van der Waals surface area contributed by atoms with Crippen LogP contribution in [-0.2, 0) is 0 Å². The van der Waals surface area contributed by atoms with Crippen molar-refractivity contribution in [2.24, 2.45) is 17.8 Å². The molecule has 0 spiro atoms. The predicted molar refractivity (Wildman–Crippen MR) is 48.8 cm³/mol. The first-order valence-electron chi connectivity index (χ1n) is 4.94. The first-order chi connectivity index (χ1) is 5.65. The topological polar surface area (TPSA) is 40.5 Å². The van der Waals surface area contributed by atoms with Gasteiger partial charge in [-0.3, -0.25) is 0 Å². The van der Waals surface area contributed by atoms with E-state index in [9.17, 15) is 5.11 Å². The van der Waals surface area contributed by atoms with Gasteiger partial charge in [-0.25, -0.2) is 0 Å². The van der Waals surface area contributed by atoms with Crippen molar-refractivity contribution in [2.45, 2.75) is 39.2 Å². The molecular formula is C10H20O2. The second-order valence-corrected chi connectivity index (χ2v) is 4.31. The van der Waals surface area contributed by atoms with Crippen molar-refractivity contribution in [2.75, 3.05) is 6.61 Å². The summed E-state index contributed by atoms with van der Waals surface area (Å²) in [6, 6.07) is 0. The van der Waals surface area contributed by atoms with Crippen molar-refractivity contribution < 1.29 is 10.2 Å². The Bertz CT molecular complexity index is 136. The number of hydrogen-bond donors (Lipinski definition) is 2. The Kier molecular flexibility index (Phi) is 3.53. The molecule has 1 aliphatic carbocycles. The predicted octanol–water partition coefficient (Wildman–Crippen LogP) is 1.41. The Labute approximate surface area is 74.6 Å². The Hall–Kier alpha value is -0.0800. The van der Waals surface area contributed by atoms with E-state index in [2.05, 4.69) is 6.92 Å². The van der Waals surface area contributed by atoms with Crippen LogP contribution in [0.1, 0.15) is 33.1 Å². The second-order valence-electron chi connectivity index (χ2n) is 4.31. The summed E-state index contributed by atoms with van der Waals surface area (Å²) in [5.74, 6) is 1.24. The number of aliphatic hydroxyl groups excluding tert-OH is 2. The second kappa shape index (κ2) is 4.24. The van der Waals surface area contributed by atoms with Gasteiger partial charge >= 0.3 is 0 Å². The van der Waals surface area contributed by atoms with E-state index in [1.165, 1.54) is 6.42 Å². The minimum Gasteiger partial charge on any atom is -0.396 e. The van der Waals surface area contributed by atoms with Crippen LogP contribution in [0.15, 0.2) is 0 Å². The van der Waals surface area contributed by atoms with E-state index in [1.54, 1.807) is 0 Å². The summed E-state index contributed by atoms with van der Waals surface area (Å²) in [5.41, 5.74) is 0. The zero-order valence-corrected chi connectivity index (χ0v) is 8.03. The van der Waals surface area contributed by atoms with E-state index < -0.39 is 0 Å². The lowest BCUT2D eigenvalue weighted by molar-refractivity contribution is 0.00804. The smallest absolute Gasteiger partial charge is 0.0574 e. The maximum atomic E-state index is 9.73. The van der Waals surface area contributed by atoms with E-state index in [4.69, 9.17) is 5.11 Å². The van der Waals surface area contributed by atoms with Crippen LogP contribution in [0.3, 0.4) is 0 Å². The third-order valence-electron chi connectivity index (χ3n) is 3.15. The summed E-state index contributed by atoms with van der Waals surface area (Å²) >= 11 is 0. The van der Waals surface area contributed by atoms with E-state index in [0.29, 0.717) is 11.8 Å². The van der Waals surface area contributed by atoms with Crippen LogP contribution in [-0.4, -0.2) is 22.9 Å². The van der Waals surface area contributed by atoms with Crippen molar-refractivity contribution in [3.05, 3.63) is 0 Å². The van der Waals surface area contributed by atoms with Gasteiger partial charge in [0.1, 0.15) is 0 Å². The van der Waals surface area contributed by atoms with Gasteiger partial charge in [-0.05, 0) is 30.6 Å². The van der Waals surface area contributed by atoms with Crippen LogP contribution >= 0.6 is 0 Å². The van der Waals surface area contributed by atoms with E-state index in [-0.39, 0.29) is 18.6 Å². The van der Waals surface area contributed by atoms with Gasteiger partial charge in [0, 0.05) is 6.61 Å². The molecule has 2 nitrogen and oxygen atoms in total. The highest BCUT2D eigenvalue weighted by atomic mass is 16.3. The Balaban J connectivity index is 2.44. The molecule has 1 saturated carbocycles. The van der Waals surface area contributed by atoms with Gasteiger partial charge in [0.25, 0.3) is 0 Å². The van der Waals surface area contributed by atoms with Gasteiger partial charge in [0.2, 0.25) is 0 Å². The van der Waals surface area contributed by atoms with Gasteiger partial charge in [0.05, 0.1) is 6.10 Å². The highest BCUT2D eigenvalue weighted by Gasteiger charge is 2.30. The summed E-state index contributed by atoms with van der Waals surface area (Å²) in [5, 5.41) is 18.7. The Morgan fingerprint density at radius 3 is 2.58 bits per heavy atom. The number of aliphatic hydroxyl groups is 2. The molecule has 1 rings (SSSR count). The fourth-order valence-corrected chi connectivity index (χ4v) is 2.17. The lowest BCUT2D eigenvalue weighted by atomic mass is 9.75. The largest absolute Gasteiger partial charge is 0.396 e. The molecule has 0 aromatic heterocycles. The van der Waals surface area contributed by atoms with Crippen LogP contribution in [0.25, 0.3) is 0 Å². The minimum absolute atomic E-state index is 0.184. The number of rotatable bonds is 2. The van der Waals surface area contributed by atoms with E-state index in [0.717, 1.165) is 12.8 Å². The van der Waals surface area contributed by atoms with Crippen molar-refractivity contribution >= 4 is 0 Å². The molecule has 2 N–H and O–H groups in total. The molecule has 4 atom stereocenters. The molecule has 12 heavy (non-hydrogen) atoms. The molecule has 0 radical (unpaired) electrons. The fourth-order valence-electron chi connectivity index (χ4n) is 2.17. The van der Waals surface area contributed by atoms with Gasteiger partial charge < -0.3 is 10.2 Å². The quantitative estimate of drug-likeness (QED) is 0.661. The van der Waals surface area contributed by atoms with Gasteiger partial charge in [0.15, 0.2) is 0 Å². The van der Waals surface area contributed by atoms with E-state index >= 15 is 0 Å².